The summed E-state index contributed by atoms with van der Waals surface area (Å²) in [6.45, 7) is 4.20. The number of hydrogen-bond donors (Lipinski definition) is 2. The first kappa shape index (κ1) is 23.7. The van der Waals surface area contributed by atoms with Crippen LogP contribution in [0.4, 0.5) is 21.8 Å². The van der Waals surface area contributed by atoms with Crippen LogP contribution in [-0.2, 0) is 6.42 Å². The molecular weight excluding hydrogens is 451 g/mol. The number of hydrogen-bond acceptors (Lipinski definition) is 6. The number of methoxy groups -OCH3 is 1. The van der Waals surface area contributed by atoms with Gasteiger partial charge in [-0.15, -0.1) is 0 Å². The molecule has 34 heavy (non-hydrogen) atoms. The number of aryl methyl sites for hydroxylation is 1. The number of nitrogens with one attached hydrogen (secondary N) is 2. The van der Waals surface area contributed by atoms with E-state index in [0.717, 1.165) is 50.4 Å². The highest BCUT2D eigenvalue weighted by Crippen LogP contribution is 2.23. The Kier molecular flexibility index (Phi) is 8.08. The Morgan fingerprint density at radius 2 is 1.71 bits per heavy atom. The van der Waals surface area contributed by atoms with Crippen LogP contribution in [0.5, 0.6) is 5.88 Å². The second kappa shape index (κ2) is 11.6. The highest BCUT2D eigenvalue weighted by Gasteiger charge is 2.20. The molecule has 178 valence electrons. The SMILES string of the molecule is COc1cc(N2CCN(c3ccccc3)CC2)nc(NC(=S)NCCCc2ccc(F)cc2)n1. The smallest absolute Gasteiger partial charge is 0.234 e. The lowest BCUT2D eigenvalue weighted by Gasteiger charge is -2.36. The van der Waals surface area contributed by atoms with Crippen molar-refractivity contribution in [3.05, 3.63) is 72.0 Å². The number of benzene rings is 2. The van der Waals surface area contributed by atoms with Gasteiger partial charge in [-0.3, -0.25) is 0 Å². The Hall–Kier alpha value is -3.46. The summed E-state index contributed by atoms with van der Waals surface area (Å²) in [4.78, 5) is 13.7. The van der Waals surface area contributed by atoms with Crippen LogP contribution in [0.1, 0.15) is 12.0 Å². The molecule has 0 spiro atoms. The molecule has 1 aliphatic rings. The van der Waals surface area contributed by atoms with Gasteiger partial charge >= 0.3 is 0 Å². The summed E-state index contributed by atoms with van der Waals surface area (Å²) in [5.41, 5.74) is 2.33. The van der Waals surface area contributed by atoms with Crippen LogP contribution in [-0.4, -0.2) is 54.9 Å². The van der Waals surface area contributed by atoms with E-state index in [1.807, 2.05) is 12.1 Å². The maximum absolute atomic E-state index is 13.0. The number of rotatable bonds is 8. The normalized spacial score (nSPS) is 13.5. The first-order valence-corrected chi connectivity index (χ1v) is 11.8. The first-order chi connectivity index (χ1) is 16.6. The molecule has 3 aromatic rings. The predicted octanol–water partition coefficient (Wildman–Crippen LogP) is 3.87. The van der Waals surface area contributed by atoms with Crippen LogP contribution >= 0.6 is 12.2 Å². The fourth-order valence-corrected chi connectivity index (χ4v) is 4.05. The van der Waals surface area contributed by atoms with Crippen LogP contribution in [0, 0.1) is 5.82 Å². The average molecular weight is 481 g/mol. The molecule has 1 aliphatic heterocycles. The summed E-state index contributed by atoms with van der Waals surface area (Å²) in [7, 11) is 1.59. The van der Waals surface area contributed by atoms with Crippen molar-refractivity contribution in [2.45, 2.75) is 12.8 Å². The van der Waals surface area contributed by atoms with Gasteiger partial charge < -0.3 is 25.2 Å². The van der Waals surface area contributed by atoms with Gasteiger partial charge in [-0.1, -0.05) is 30.3 Å². The molecule has 7 nitrogen and oxygen atoms in total. The third kappa shape index (κ3) is 6.54. The Morgan fingerprint density at radius 1 is 1.00 bits per heavy atom. The highest BCUT2D eigenvalue weighted by molar-refractivity contribution is 7.80. The Morgan fingerprint density at radius 3 is 2.41 bits per heavy atom. The number of thiocarbonyl (C=S) groups is 1. The second-order valence-electron chi connectivity index (χ2n) is 8.01. The van der Waals surface area contributed by atoms with Gasteiger partial charge in [-0.2, -0.15) is 9.97 Å². The zero-order valence-electron chi connectivity index (χ0n) is 19.2. The molecule has 0 amide bonds. The minimum absolute atomic E-state index is 0.219. The van der Waals surface area contributed by atoms with Crippen LogP contribution in [0.3, 0.4) is 0 Å². The van der Waals surface area contributed by atoms with Gasteiger partial charge in [0.2, 0.25) is 11.8 Å². The first-order valence-electron chi connectivity index (χ1n) is 11.4. The van der Waals surface area contributed by atoms with E-state index in [9.17, 15) is 4.39 Å². The van der Waals surface area contributed by atoms with E-state index in [4.69, 9.17) is 17.0 Å². The number of para-hydroxylation sites is 1. The maximum Gasteiger partial charge on any atom is 0.234 e. The van der Waals surface area contributed by atoms with E-state index < -0.39 is 0 Å². The summed E-state index contributed by atoms with van der Waals surface area (Å²) < 4.78 is 18.4. The summed E-state index contributed by atoms with van der Waals surface area (Å²) in [5.74, 6) is 1.47. The fraction of sp³-hybridized carbons (Fsp3) is 0.320. The molecule has 1 saturated heterocycles. The molecule has 2 N–H and O–H groups in total. The monoisotopic (exact) mass is 480 g/mol. The molecule has 1 aromatic heterocycles. The third-order valence-electron chi connectivity index (χ3n) is 5.69. The van der Waals surface area contributed by atoms with Crippen molar-refractivity contribution in [1.82, 2.24) is 15.3 Å². The summed E-state index contributed by atoms with van der Waals surface area (Å²) in [6, 6.07) is 18.9. The lowest BCUT2D eigenvalue weighted by Crippen LogP contribution is -2.46. The number of piperazine rings is 1. The average Bonchev–Trinajstić information content (AvgIpc) is 2.88. The van der Waals surface area contributed by atoms with Gasteiger partial charge in [-0.25, -0.2) is 4.39 Å². The van der Waals surface area contributed by atoms with Crippen molar-refractivity contribution >= 4 is 34.8 Å². The molecular formula is C25H29FN6OS. The zero-order chi connectivity index (χ0) is 23.8. The topological polar surface area (TPSA) is 65.6 Å². The van der Waals surface area contributed by atoms with E-state index in [-0.39, 0.29) is 5.82 Å². The van der Waals surface area contributed by atoms with Gasteiger partial charge in [0.1, 0.15) is 11.6 Å². The van der Waals surface area contributed by atoms with E-state index in [2.05, 4.69) is 54.7 Å². The highest BCUT2D eigenvalue weighted by atomic mass is 32.1. The Balaban J connectivity index is 1.29. The third-order valence-corrected chi connectivity index (χ3v) is 5.94. The van der Waals surface area contributed by atoms with Crippen molar-refractivity contribution in [3.8, 4) is 5.88 Å². The van der Waals surface area contributed by atoms with Crippen LogP contribution < -0.4 is 25.2 Å². The van der Waals surface area contributed by atoms with Crippen LogP contribution in [0.15, 0.2) is 60.7 Å². The van der Waals surface area contributed by atoms with Crippen molar-refractivity contribution in [2.75, 3.05) is 55.0 Å². The number of nitrogens with zero attached hydrogens (tertiary/aromatic N) is 4. The zero-order valence-corrected chi connectivity index (χ0v) is 20.0. The van der Waals surface area contributed by atoms with Crippen LogP contribution in [0.2, 0.25) is 0 Å². The largest absolute Gasteiger partial charge is 0.481 e. The van der Waals surface area contributed by atoms with Gasteiger partial charge in [0.05, 0.1) is 7.11 Å². The lowest BCUT2D eigenvalue weighted by molar-refractivity contribution is 0.397. The standard InChI is InChI=1S/C25H29FN6OS/c1-33-23-18-22(32-16-14-31(15-17-32)21-7-3-2-4-8-21)28-24(29-23)30-25(34)27-13-5-6-19-9-11-20(26)12-10-19/h2-4,7-12,18H,5-6,13-17H2,1H3,(H2,27,28,29,30,34). The van der Waals surface area contributed by atoms with Crippen molar-refractivity contribution < 1.29 is 9.13 Å². The number of ether oxygens (including phenoxy) is 1. The van der Waals surface area contributed by atoms with Gasteiger partial charge in [0, 0.05) is 44.5 Å². The van der Waals surface area contributed by atoms with Gasteiger partial charge in [-0.05, 0) is 54.9 Å². The Bertz CT molecular complexity index is 1070. The van der Waals surface area contributed by atoms with Gasteiger partial charge in [0.15, 0.2) is 5.11 Å². The quantitative estimate of drug-likeness (QED) is 0.372. The molecule has 0 aliphatic carbocycles. The molecule has 1 fully saturated rings. The summed E-state index contributed by atoms with van der Waals surface area (Å²) in [5, 5.41) is 6.70. The molecule has 4 rings (SSSR count). The minimum atomic E-state index is -0.219. The van der Waals surface area contributed by atoms with E-state index >= 15 is 0 Å². The fourth-order valence-electron chi connectivity index (χ4n) is 3.86. The molecule has 9 heteroatoms. The van der Waals surface area contributed by atoms with Crippen LogP contribution in [0.25, 0.3) is 0 Å². The molecule has 0 atom stereocenters. The van der Waals surface area contributed by atoms with Crippen molar-refractivity contribution in [1.29, 1.82) is 0 Å². The maximum atomic E-state index is 13.0. The Labute approximate surface area is 205 Å². The van der Waals surface area contributed by atoms with E-state index in [1.54, 1.807) is 19.2 Å². The summed E-state index contributed by atoms with van der Waals surface area (Å²) in [6.07, 6.45) is 1.70. The van der Waals surface area contributed by atoms with Crippen molar-refractivity contribution in [3.63, 3.8) is 0 Å². The van der Waals surface area contributed by atoms with Crippen molar-refractivity contribution in [2.24, 2.45) is 0 Å². The minimum Gasteiger partial charge on any atom is -0.481 e. The summed E-state index contributed by atoms with van der Waals surface area (Å²) >= 11 is 5.42. The number of halogens is 1. The molecule has 0 bridgehead atoms. The second-order valence-corrected chi connectivity index (χ2v) is 8.42. The van der Waals surface area contributed by atoms with E-state index in [0.29, 0.717) is 23.5 Å². The van der Waals surface area contributed by atoms with Gasteiger partial charge in [0.25, 0.3) is 0 Å². The number of anilines is 3. The van der Waals surface area contributed by atoms with E-state index in [1.165, 1.54) is 17.8 Å². The lowest BCUT2D eigenvalue weighted by atomic mass is 10.1. The predicted molar refractivity (Wildman–Crippen MR) is 138 cm³/mol. The molecule has 0 radical (unpaired) electrons. The molecule has 2 heterocycles. The number of aromatic nitrogens is 2. The molecule has 2 aromatic carbocycles. The molecule has 0 unspecified atom stereocenters. The molecule has 0 saturated carbocycles.